The molecule has 1 unspecified atom stereocenters. The lowest BCUT2D eigenvalue weighted by Crippen LogP contribution is -2.18. The summed E-state index contributed by atoms with van der Waals surface area (Å²) in [7, 11) is 1.96. The van der Waals surface area contributed by atoms with Gasteiger partial charge in [0.1, 0.15) is 0 Å². The monoisotopic (exact) mass is 255 g/mol. The molecule has 3 nitrogen and oxygen atoms in total. The molecular weight excluding hydrogens is 242 g/mol. The van der Waals surface area contributed by atoms with Crippen molar-refractivity contribution < 1.29 is 0 Å². The molecule has 0 aliphatic rings. The third-order valence-corrected chi connectivity index (χ3v) is 3.67. The molecule has 0 spiro atoms. The molecule has 2 heterocycles. The summed E-state index contributed by atoms with van der Waals surface area (Å²) in [5.74, 6) is 0. The van der Waals surface area contributed by atoms with Crippen LogP contribution in [0.25, 0.3) is 10.8 Å². The molecule has 0 radical (unpaired) electrons. The minimum Gasteiger partial charge on any atom is -0.308 e. The van der Waals surface area contributed by atoms with E-state index in [9.17, 15) is 0 Å². The van der Waals surface area contributed by atoms with Gasteiger partial charge in [-0.05, 0) is 24.1 Å². The Hall–Kier alpha value is -1.78. The minimum absolute atomic E-state index is 0.115. The van der Waals surface area contributed by atoms with Crippen LogP contribution in [-0.2, 0) is 0 Å². The molecule has 2 aromatic heterocycles. The van der Waals surface area contributed by atoms with Gasteiger partial charge in [-0.15, -0.1) is 11.3 Å². The Labute approximate surface area is 110 Å². The second-order valence-corrected chi connectivity index (χ2v) is 4.80. The summed E-state index contributed by atoms with van der Waals surface area (Å²) in [6, 6.07) is 8.46. The highest BCUT2D eigenvalue weighted by molar-refractivity contribution is 7.07. The molecule has 3 rings (SSSR count). The van der Waals surface area contributed by atoms with Crippen molar-refractivity contribution in [2.24, 2.45) is 0 Å². The fourth-order valence-electron chi connectivity index (χ4n) is 2.22. The highest BCUT2D eigenvalue weighted by Crippen LogP contribution is 2.27. The number of fused-ring (bicyclic) bond motifs is 1. The third-order valence-electron chi connectivity index (χ3n) is 3.06. The first-order chi connectivity index (χ1) is 8.90. The molecule has 1 atom stereocenters. The lowest BCUT2D eigenvalue weighted by Gasteiger charge is -2.16. The van der Waals surface area contributed by atoms with Gasteiger partial charge in [-0.3, -0.25) is 4.98 Å². The van der Waals surface area contributed by atoms with Crippen LogP contribution < -0.4 is 5.32 Å². The van der Waals surface area contributed by atoms with Gasteiger partial charge in [-0.2, -0.15) is 0 Å². The van der Waals surface area contributed by atoms with E-state index in [1.165, 1.54) is 16.3 Å². The smallest absolute Gasteiger partial charge is 0.0795 e. The van der Waals surface area contributed by atoms with Gasteiger partial charge in [-0.1, -0.05) is 18.2 Å². The molecule has 4 heteroatoms. The molecule has 1 N–H and O–H groups in total. The van der Waals surface area contributed by atoms with E-state index in [2.05, 4.69) is 38.9 Å². The maximum Gasteiger partial charge on any atom is 0.0795 e. The number of thiazole rings is 1. The van der Waals surface area contributed by atoms with Crippen molar-refractivity contribution in [3.8, 4) is 0 Å². The number of nitrogens with one attached hydrogen (secondary N) is 1. The summed E-state index contributed by atoms with van der Waals surface area (Å²) in [6.45, 7) is 0. The van der Waals surface area contributed by atoms with Crippen molar-refractivity contribution in [1.82, 2.24) is 15.3 Å². The minimum atomic E-state index is 0.115. The van der Waals surface area contributed by atoms with Crippen molar-refractivity contribution in [1.29, 1.82) is 0 Å². The molecule has 0 saturated carbocycles. The topological polar surface area (TPSA) is 37.8 Å². The Morgan fingerprint density at radius 3 is 3.00 bits per heavy atom. The Kier molecular flexibility index (Phi) is 3.04. The van der Waals surface area contributed by atoms with Gasteiger partial charge < -0.3 is 5.32 Å². The van der Waals surface area contributed by atoms with E-state index in [0.717, 1.165) is 5.69 Å². The first-order valence-electron chi connectivity index (χ1n) is 5.78. The second kappa shape index (κ2) is 4.84. The maximum atomic E-state index is 4.41. The Morgan fingerprint density at radius 2 is 2.22 bits per heavy atom. The zero-order valence-corrected chi connectivity index (χ0v) is 10.8. The molecule has 0 bridgehead atoms. The van der Waals surface area contributed by atoms with Gasteiger partial charge in [0.15, 0.2) is 0 Å². The zero-order valence-electron chi connectivity index (χ0n) is 10.00. The molecular formula is C14H13N3S. The normalized spacial score (nSPS) is 12.7. The fraction of sp³-hybridized carbons (Fsp3) is 0.143. The lowest BCUT2D eigenvalue weighted by molar-refractivity contribution is 0.680. The van der Waals surface area contributed by atoms with Crippen LogP contribution in [0.1, 0.15) is 17.3 Å². The van der Waals surface area contributed by atoms with Gasteiger partial charge in [0.2, 0.25) is 0 Å². The highest BCUT2D eigenvalue weighted by atomic mass is 32.1. The first-order valence-corrected chi connectivity index (χ1v) is 6.72. The second-order valence-electron chi connectivity index (χ2n) is 4.08. The van der Waals surface area contributed by atoms with Crippen LogP contribution in [0.4, 0.5) is 0 Å². The molecule has 0 amide bonds. The largest absolute Gasteiger partial charge is 0.308 e. The summed E-state index contributed by atoms with van der Waals surface area (Å²) in [5, 5.41) is 7.79. The van der Waals surface area contributed by atoms with Crippen LogP contribution in [0.2, 0.25) is 0 Å². The Bertz CT molecular complexity index is 644. The SMILES string of the molecule is CNC(c1cscn1)c1cccc2ccncc12. The van der Waals surface area contributed by atoms with E-state index in [4.69, 9.17) is 0 Å². The van der Waals surface area contributed by atoms with Gasteiger partial charge >= 0.3 is 0 Å². The summed E-state index contributed by atoms with van der Waals surface area (Å²) >= 11 is 1.62. The van der Waals surface area contributed by atoms with E-state index in [0.29, 0.717) is 0 Å². The summed E-state index contributed by atoms with van der Waals surface area (Å²) in [6.07, 6.45) is 3.74. The number of aromatic nitrogens is 2. The van der Waals surface area contributed by atoms with Crippen LogP contribution in [0.3, 0.4) is 0 Å². The van der Waals surface area contributed by atoms with Crippen LogP contribution in [0.5, 0.6) is 0 Å². The Balaban J connectivity index is 2.18. The van der Waals surface area contributed by atoms with Gasteiger partial charge in [0.05, 0.1) is 17.2 Å². The number of hydrogen-bond acceptors (Lipinski definition) is 4. The van der Waals surface area contributed by atoms with Crippen molar-refractivity contribution in [3.05, 3.63) is 58.8 Å². The lowest BCUT2D eigenvalue weighted by atomic mass is 9.99. The van der Waals surface area contributed by atoms with E-state index < -0.39 is 0 Å². The molecule has 0 saturated heterocycles. The van der Waals surface area contributed by atoms with E-state index in [1.54, 1.807) is 11.3 Å². The zero-order chi connectivity index (χ0) is 12.4. The molecule has 0 aliphatic carbocycles. The predicted octanol–water partition coefficient (Wildman–Crippen LogP) is 3.00. The average Bonchev–Trinajstić information content (AvgIpc) is 2.94. The van der Waals surface area contributed by atoms with E-state index in [-0.39, 0.29) is 6.04 Å². The predicted molar refractivity (Wildman–Crippen MR) is 74.8 cm³/mol. The summed E-state index contributed by atoms with van der Waals surface area (Å²) < 4.78 is 0. The number of rotatable bonds is 3. The molecule has 0 fully saturated rings. The molecule has 90 valence electrons. The standard InChI is InChI=1S/C14H13N3S/c1-15-14(13-8-18-9-17-13)11-4-2-3-10-5-6-16-7-12(10)11/h2-9,14-15H,1H3. The molecule has 0 aliphatic heterocycles. The van der Waals surface area contributed by atoms with Crippen LogP contribution >= 0.6 is 11.3 Å². The van der Waals surface area contributed by atoms with E-state index in [1.807, 2.05) is 31.0 Å². The van der Waals surface area contributed by atoms with Crippen molar-refractivity contribution >= 4 is 22.1 Å². The highest BCUT2D eigenvalue weighted by Gasteiger charge is 2.16. The quantitative estimate of drug-likeness (QED) is 0.781. The third kappa shape index (κ3) is 1.89. The maximum absolute atomic E-state index is 4.41. The number of nitrogens with zero attached hydrogens (tertiary/aromatic N) is 2. The van der Waals surface area contributed by atoms with E-state index >= 15 is 0 Å². The van der Waals surface area contributed by atoms with Crippen LogP contribution in [-0.4, -0.2) is 17.0 Å². The molecule has 1 aromatic carbocycles. The fourth-order valence-corrected chi connectivity index (χ4v) is 2.80. The molecule has 3 aromatic rings. The van der Waals surface area contributed by atoms with Gasteiger partial charge in [-0.25, -0.2) is 4.98 Å². The summed E-state index contributed by atoms with van der Waals surface area (Å²) in [5.41, 5.74) is 4.14. The van der Waals surface area contributed by atoms with Crippen molar-refractivity contribution in [2.45, 2.75) is 6.04 Å². The molecule has 18 heavy (non-hydrogen) atoms. The van der Waals surface area contributed by atoms with Crippen LogP contribution in [0, 0.1) is 0 Å². The number of benzene rings is 1. The van der Waals surface area contributed by atoms with Gasteiger partial charge in [0, 0.05) is 23.2 Å². The number of hydrogen-bond donors (Lipinski definition) is 1. The Morgan fingerprint density at radius 1 is 1.28 bits per heavy atom. The summed E-state index contributed by atoms with van der Waals surface area (Å²) in [4.78, 5) is 8.63. The van der Waals surface area contributed by atoms with Crippen LogP contribution in [0.15, 0.2) is 47.5 Å². The van der Waals surface area contributed by atoms with Crippen molar-refractivity contribution in [2.75, 3.05) is 7.05 Å². The van der Waals surface area contributed by atoms with Crippen molar-refractivity contribution in [3.63, 3.8) is 0 Å². The first kappa shape index (κ1) is 11.3. The average molecular weight is 255 g/mol. The van der Waals surface area contributed by atoms with Gasteiger partial charge in [0.25, 0.3) is 0 Å². The number of pyridine rings is 1.